The molecule has 0 aromatic heterocycles. The second kappa shape index (κ2) is 8.34. The fraction of sp³-hybridized carbons (Fsp3) is 0.316. The molecule has 0 aliphatic rings. The second-order valence-corrected chi connectivity index (χ2v) is 5.57. The molecular weight excluding hydrogens is 288 g/mol. The molecule has 4 heteroatoms. The van der Waals surface area contributed by atoms with Gasteiger partial charge in [-0.25, -0.2) is 0 Å². The highest BCUT2D eigenvalue weighted by atomic mass is 16.3. The fourth-order valence-corrected chi connectivity index (χ4v) is 2.50. The zero-order chi connectivity index (χ0) is 16.7. The van der Waals surface area contributed by atoms with Crippen LogP contribution in [0.15, 0.2) is 60.7 Å². The van der Waals surface area contributed by atoms with E-state index in [1.54, 1.807) is 4.90 Å². The van der Waals surface area contributed by atoms with Crippen LogP contribution in [0.25, 0.3) is 0 Å². The molecule has 1 unspecified atom stereocenters. The monoisotopic (exact) mass is 312 g/mol. The Morgan fingerprint density at radius 2 is 1.61 bits per heavy atom. The number of hydrogen-bond acceptors (Lipinski definition) is 3. The maximum absolute atomic E-state index is 12.6. The van der Waals surface area contributed by atoms with Gasteiger partial charge in [0, 0.05) is 19.3 Å². The van der Waals surface area contributed by atoms with Gasteiger partial charge >= 0.3 is 0 Å². The molecule has 0 fully saturated rings. The molecular formula is C19H24N2O2. The van der Waals surface area contributed by atoms with Gasteiger partial charge in [-0.3, -0.25) is 4.79 Å². The van der Waals surface area contributed by atoms with E-state index < -0.39 is 0 Å². The van der Waals surface area contributed by atoms with E-state index in [2.05, 4.69) is 0 Å². The third-order valence-corrected chi connectivity index (χ3v) is 4.07. The van der Waals surface area contributed by atoms with Gasteiger partial charge in [0.25, 0.3) is 0 Å². The Hall–Kier alpha value is -2.33. The molecule has 1 atom stereocenters. The number of hydrogen-bond donors (Lipinski definition) is 1. The van der Waals surface area contributed by atoms with Gasteiger partial charge in [0.05, 0.1) is 19.2 Å². The zero-order valence-corrected chi connectivity index (χ0v) is 13.7. The Bertz CT molecular complexity index is 601. The minimum atomic E-state index is 0.00968. The maximum atomic E-state index is 12.6. The van der Waals surface area contributed by atoms with E-state index >= 15 is 0 Å². The predicted octanol–water partition coefficient (Wildman–Crippen LogP) is 2.70. The molecule has 0 aliphatic carbocycles. The third-order valence-electron chi connectivity index (χ3n) is 4.07. The topological polar surface area (TPSA) is 43.8 Å². The number of nitrogens with zero attached hydrogens (tertiary/aromatic N) is 2. The summed E-state index contributed by atoms with van der Waals surface area (Å²) in [7, 11) is 1.82. The summed E-state index contributed by atoms with van der Waals surface area (Å²) in [5, 5.41) is 9.27. The van der Waals surface area contributed by atoms with Crippen molar-refractivity contribution in [1.29, 1.82) is 0 Å². The molecule has 1 amide bonds. The quantitative estimate of drug-likeness (QED) is 0.855. The van der Waals surface area contributed by atoms with Crippen LogP contribution in [0.3, 0.4) is 0 Å². The van der Waals surface area contributed by atoms with Crippen molar-refractivity contribution in [3.8, 4) is 0 Å². The average Bonchev–Trinajstić information content (AvgIpc) is 2.61. The van der Waals surface area contributed by atoms with Crippen molar-refractivity contribution in [3.05, 3.63) is 66.2 Å². The number of aliphatic hydroxyl groups excluding tert-OH is 1. The van der Waals surface area contributed by atoms with Crippen molar-refractivity contribution < 1.29 is 9.90 Å². The highest BCUT2D eigenvalue weighted by molar-refractivity contribution is 5.81. The summed E-state index contributed by atoms with van der Waals surface area (Å²) in [6.45, 7) is 2.72. The third kappa shape index (κ3) is 4.57. The number of amides is 1. The second-order valence-electron chi connectivity index (χ2n) is 5.57. The molecule has 0 spiro atoms. The lowest BCUT2D eigenvalue weighted by atomic mass is 10.1. The zero-order valence-electron chi connectivity index (χ0n) is 13.7. The van der Waals surface area contributed by atoms with E-state index in [1.807, 2.05) is 79.5 Å². The summed E-state index contributed by atoms with van der Waals surface area (Å²) in [4.78, 5) is 16.3. The van der Waals surface area contributed by atoms with Crippen molar-refractivity contribution >= 4 is 11.6 Å². The van der Waals surface area contributed by atoms with Crippen LogP contribution in [0.1, 0.15) is 18.5 Å². The Balaban J connectivity index is 2.06. The van der Waals surface area contributed by atoms with Crippen molar-refractivity contribution in [2.24, 2.45) is 0 Å². The van der Waals surface area contributed by atoms with Crippen LogP contribution in [-0.4, -0.2) is 42.7 Å². The molecule has 2 aromatic carbocycles. The summed E-state index contributed by atoms with van der Waals surface area (Å²) >= 11 is 0. The molecule has 0 saturated heterocycles. The molecule has 122 valence electrons. The van der Waals surface area contributed by atoms with E-state index in [9.17, 15) is 9.90 Å². The van der Waals surface area contributed by atoms with Crippen LogP contribution in [0.2, 0.25) is 0 Å². The highest BCUT2D eigenvalue weighted by Crippen LogP contribution is 2.19. The molecule has 1 N–H and O–H groups in total. The van der Waals surface area contributed by atoms with Gasteiger partial charge < -0.3 is 14.9 Å². The molecule has 4 nitrogen and oxygen atoms in total. The Labute approximate surface area is 138 Å². The molecule has 0 aliphatic heterocycles. The molecule has 23 heavy (non-hydrogen) atoms. The van der Waals surface area contributed by atoms with Gasteiger partial charge in [-0.2, -0.15) is 0 Å². The molecule has 0 heterocycles. The fourth-order valence-electron chi connectivity index (χ4n) is 2.50. The van der Waals surface area contributed by atoms with Crippen molar-refractivity contribution in [2.45, 2.75) is 13.0 Å². The maximum Gasteiger partial charge on any atom is 0.242 e. The molecule has 0 radical (unpaired) electrons. The molecule has 0 bridgehead atoms. The lowest BCUT2D eigenvalue weighted by Crippen LogP contribution is -2.40. The van der Waals surface area contributed by atoms with Crippen molar-refractivity contribution in [1.82, 2.24) is 4.90 Å². The van der Waals surface area contributed by atoms with Crippen LogP contribution < -0.4 is 4.90 Å². The first kappa shape index (κ1) is 17.0. The van der Waals surface area contributed by atoms with E-state index in [-0.39, 0.29) is 25.1 Å². The Morgan fingerprint density at radius 3 is 2.17 bits per heavy atom. The van der Waals surface area contributed by atoms with Gasteiger partial charge in [0.2, 0.25) is 5.91 Å². The number of aliphatic hydroxyl groups is 1. The highest BCUT2D eigenvalue weighted by Gasteiger charge is 2.19. The number of benzene rings is 2. The van der Waals surface area contributed by atoms with Crippen molar-refractivity contribution in [3.63, 3.8) is 0 Å². The number of para-hydroxylation sites is 1. The molecule has 2 rings (SSSR count). The lowest BCUT2D eigenvalue weighted by molar-refractivity contribution is -0.130. The normalized spacial score (nSPS) is 11.8. The van der Waals surface area contributed by atoms with Crippen LogP contribution in [0, 0.1) is 0 Å². The molecule has 0 saturated carbocycles. The Kier molecular flexibility index (Phi) is 6.18. The van der Waals surface area contributed by atoms with Crippen molar-refractivity contribution in [2.75, 3.05) is 31.6 Å². The number of anilines is 1. The summed E-state index contributed by atoms with van der Waals surface area (Å²) in [5.74, 6) is 0.0265. The largest absolute Gasteiger partial charge is 0.395 e. The van der Waals surface area contributed by atoms with Crippen LogP contribution >= 0.6 is 0 Å². The number of rotatable bonds is 7. The van der Waals surface area contributed by atoms with Gasteiger partial charge in [0.1, 0.15) is 0 Å². The van der Waals surface area contributed by atoms with Gasteiger partial charge in [-0.1, -0.05) is 48.5 Å². The van der Waals surface area contributed by atoms with Crippen LogP contribution in [-0.2, 0) is 4.79 Å². The van der Waals surface area contributed by atoms with Crippen LogP contribution in [0.5, 0.6) is 0 Å². The lowest BCUT2D eigenvalue weighted by Gasteiger charge is -2.30. The Morgan fingerprint density at radius 1 is 1.04 bits per heavy atom. The SMILES string of the molecule is CC(c1ccccc1)N(C)C(=O)CN(CCO)c1ccccc1. The standard InChI is InChI=1S/C19H24N2O2/c1-16(17-9-5-3-6-10-17)20(2)19(23)15-21(13-14-22)18-11-7-4-8-12-18/h3-12,16,22H,13-15H2,1-2H3. The first-order chi connectivity index (χ1) is 11.1. The minimum absolute atomic E-state index is 0.00968. The summed E-state index contributed by atoms with van der Waals surface area (Å²) in [5.41, 5.74) is 2.05. The first-order valence-electron chi connectivity index (χ1n) is 7.85. The van der Waals surface area contributed by atoms with Gasteiger partial charge in [-0.05, 0) is 24.6 Å². The van der Waals surface area contributed by atoms with E-state index in [1.165, 1.54) is 0 Å². The van der Waals surface area contributed by atoms with E-state index in [0.29, 0.717) is 6.54 Å². The average molecular weight is 312 g/mol. The van der Waals surface area contributed by atoms with E-state index in [4.69, 9.17) is 0 Å². The van der Waals surface area contributed by atoms with Crippen LogP contribution in [0.4, 0.5) is 5.69 Å². The van der Waals surface area contributed by atoms with E-state index in [0.717, 1.165) is 11.3 Å². The first-order valence-corrected chi connectivity index (χ1v) is 7.85. The summed E-state index contributed by atoms with van der Waals surface area (Å²) in [6, 6.07) is 19.7. The predicted molar refractivity (Wildman–Crippen MR) is 93.4 cm³/mol. The summed E-state index contributed by atoms with van der Waals surface area (Å²) < 4.78 is 0. The van der Waals surface area contributed by atoms with Gasteiger partial charge in [-0.15, -0.1) is 0 Å². The number of carbonyl (C=O) groups is 1. The number of likely N-dealkylation sites (N-methyl/N-ethyl adjacent to an activating group) is 1. The smallest absolute Gasteiger partial charge is 0.242 e. The number of carbonyl (C=O) groups excluding carboxylic acids is 1. The minimum Gasteiger partial charge on any atom is -0.395 e. The summed E-state index contributed by atoms with van der Waals surface area (Å²) in [6.07, 6.45) is 0. The van der Waals surface area contributed by atoms with Gasteiger partial charge in [0.15, 0.2) is 0 Å². The molecule has 2 aromatic rings.